The van der Waals surface area contributed by atoms with Gasteiger partial charge in [0, 0.05) is 30.1 Å². The lowest BCUT2D eigenvalue weighted by Crippen LogP contribution is -2.23. The molecule has 1 amide bonds. The number of hydrogen-bond acceptors (Lipinski definition) is 5. The third kappa shape index (κ3) is 3.54. The predicted molar refractivity (Wildman–Crippen MR) is 114 cm³/mol. The Bertz CT molecular complexity index is 1210. The topological polar surface area (TPSA) is 101 Å². The van der Waals surface area contributed by atoms with Gasteiger partial charge >= 0.3 is 0 Å². The average Bonchev–Trinajstić information content (AvgIpc) is 3.31. The highest BCUT2D eigenvalue weighted by Crippen LogP contribution is 2.32. The van der Waals surface area contributed by atoms with E-state index in [1.165, 1.54) is 0 Å². The molecule has 0 fully saturated rings. The summed E-state index contributed by atoms with van der Waals surface area (Å²) in [5.41, 5.74) is 3.91. The summed E-state index contributed by atoms with van der Waals surface area (Å²) in [5, 5.41) is 18.8. The molecule has 2 aromatic heterocycles. The van der Waals surface area contributed by atoms with Crippen molar-refractivity contribution in [1.29, 1.82) is 0 Å². The van der Waals surface area contributed by atoms with Crippen LogP contribution >= 0.6 is 11.6 Å². The van der Waals surface area contributed by atoms with Gasteiger partial charge in [-0.05, 0) is 43.7 Å². The van der Waals surface area contributed by atoms with Gasteiger partial charge in [0.25, 0.3) is 5.91 Å². The van der Waals surface area contributed by atoms with E-state index in [2.05, 4.69) is 30.9 Å². The van der Waals surface area contributed by atoms with E-state index in [1.54, 1.807) is 24.0 Å². The molecular formula is C20H20ClN7O. The van der Waals surface area contributed by atoms with E-state index in [9.17, 15) is 4.79 Å². The summed E-state index contributed by atoms with van der Waals surface area (Å²) in [5.74, 6) is 1.02. The molecule has 8 nitrogen and oxygen atoms in total. The molecule has 29 heavy (non-hydrogen) atoms. The molecule has 0 atom stereocenters. The van der Waals surface area contributed by atoms with Gasteiger partial charge in [0.2, 0.25) is 5.95 Å². The van der Waals surface area contributed by atoms with Crippen LogP contribution in [-0.4, -0.2) is 37.4 Å². The lowest BCUT2D eigenvalue weighted by molar-refractivity contribution is 0.0955. The minimum Gasteiger partial charge on any atom is -0.352 e. The number of carbonyl (C=O) groups is 1. The molecule has 0 radical (unpaired) electrons. The van der Waals surface area contributed by atoms with Gasteiger partial charge in [-0.2, -0.15) is 10.1 Å². The van der Waals surface area contributed by atoms with Crippen LogP contribution in [-0.2, 0) is 7.05 Å². The summed E-state index contributed by atoms with van der Waals surface area (Å²) in [6.07, 6.45) is 1.68. The van der Waals surface area contributed by atoms with E-state index < -0.39 is 0 Å². The van der Waals surface area contributed by atoms with Crippen molar-refractivity contribution in [2.75, 3.05) is 11.9 Å². The number of aryl methyl sites for hydroxylation is 2. The number of carbonyl (C=O) groups excluding carboxylic acids is 1. The van der Waals surface area contributed by atoms with Gasteiger partial charge in [-0.15, -0.1) is 5.10 Å². The van der Waals surface area contributed by atoms with Crippen LogP contribution in [0.1, 0.15) is 22.8 Å². The summed E-state index contributed by atoms with van der Waals surface area (Å²) in [4.78, 5) is 16.7. The number of halogens is 1. The van der Waals surface area contributed by atoms with Gasteiger partial charge in [-0.1, -0.05) is 17.7 Å². The van der Waals surface area contributed by atoms with E-state index in [1.807, 2.05) is 38.1 Å². The lowest BCUT2D eigenvalue weighted by Gasteiger charge is -2.07. The number of aromatic nitrogens is 5. The third-order valence-corrected chi connectivity index (χ3v) is 5.04. The van der Waals surface area contributed by atoms with Gasteiger partial charge in [-0.3, -0.25) is 9.89 Å². The molecule has 9 heteroatoms. The Kier molecular flexibility index (Phi) is 4.94. The zero-order valence-electron chi connectivity index (χ0n) is 16.2. The first-order chi connectivity index (χ1) is 14.0. The standard InChI is InChI=1S/C20H20ClN7O/c1-4-22-19(29)13-6-5-12(9-11(13)2)18-25-20(28(3)27-18)24-16-8-7-15-14(17(16)21)10-23-26-15/h5-10H,4H2,1-3H3,(H,22,29)(H,23,26)(H,24,25,27). The van der Waals surface area contributed by atoms with Crippen LogP contribution in [0.15, 0.2) is 36.5 Å². The van der Waals surface area contributed by atoms with Crippen molar-refractivity contribution in [2.24, 2.45) is 7.05 Å². The van der Waals surface area contributed by atoms with Gasteiger partial charge < -0.3 is 10.6 Å². The van der Waals surface area contributed by atoms with Crippen molar-refractivity contribution in [3.8, 4) is 11.4 Å². The van der Waals surface area contributed by atoms with Crippen molar-refractivity contribution < 1.29 is 4.79 Å². The average molecular weight is 410 g/mol. The number of hydrogen-bond donors (Lipinski definition) is 3. The fourth-order valence-electron chi connectivity index (χ4n) is 3.13. The molecule has 3 N–H and O–H groups in total. The second kappa shape index (κ2) is 7.56. The summed E-state index contributed by atoms with van der Waals surface area (Å²) >= 11 is 6.48. The summed E-state index contributed by atoms with van der Waals surface area (Å²) < 4.78 is 1.65. The number of nitrogens with zero attached hydrogens (tertiary/aromatic N) is 4. The molecule has 2 aromatic carbocycles. The Morgan fingerprint density at radius 2 is 2.10 bits per heavy atom. The summed E-state index contributed by atoms with van der Waals surface area (Å²) in [6.45, 7) is 4.38. The maximum atomic E-state index is 12.1. The Hall–Kier alpha value is -3.39. The summed E-state index contributed by atoms with van der Waals surface area (Å²) in [7, 11) is 1.80. The maximum absolute atomic E-state index is 12.1. The monoisotopic (exact) mass is 409 g/mol. The quantitative estimate of drug-likeness (QED) is 0.465. The fraction of sp³-hybridized carbons (Fsp3) is 0.200. The van der Waals surface area contributed by atoms with Crippen LogP contribution in [0, 0.1) is 6.92 Å². The first-order valence-electron chi connectivity index (χ1n) is 9.16. The highest BCUT2D eigenvalue weighted by atomic mass is 35.5. The number of benzene rings is 2. The van der Waals surface area contributed by atoms with E-state index in [0.717, 1.165) is 22.0 Å². The normalized spacial score (nSPS) is 11.0. The molecule has 0 aliphatic rings. The molecule has 0 aliphatic heterocycles. The van der Waals surface area contributed by atoms with Crippen molar-refractivity contribution >= 4 is 40.0 Å². The number of nitrogens with one attached hydrogen (secondary N) is 3. The number of anilines is 2. The first kappa shape index (κ1) is 18.9. The number of H-pyrrole nitrogens is 1. The van der Waals surface area contributed by atoms with Gasteiger partial charge in [-0.25, -0.2) is 4.68 Å². The zero-order valence-corrected chi connectivity index (χ0v) is 17.0. The minimum absolute atomic E-state index is 0.0860. The van der Waals surface area contributed by atoms with Crippen LogP contribution in [0.3, 0.4) is 0 Å². The van der Waals surface area contributed by atoms with Crippen molar-refractivity contribution in [3.63, 3.8) is 0 Å². The number of amides is 1. The van der Waals surface area contributed by atoms with Crippen molar-refractivity contribution in [3.05, 3.63) is 52.7 Å². The molecule has 0 saturated carbocycles. The van der Waals surface area contributed by atoms with Crippen LogP contribution in [0.25, 0.3) is 22.3 Å². The third-order valence-electron chi connectivity index (χ3n) is 4.63. The molecule has 148 valence electrons. The molecule has 0 unspecified atom stereocenters. The molecule has 4 aromatic rings. The van der Waals surface area contributed by atoms with Crippen LogP contribution in [0.2, 0.25) is 5.02 Å². The van der Waals surface area contributed by atoms with Crippen LogP contribution < -0.4 is 10.6 Å². The van der Waals surface area contributed by atoms with Crippen LogP contribution in [0.4, 0.5) is 11.6 Å². The molecule has 0 bridgehead atoms. The Balaban J connectivity index is 1.63. The van der Waals surface area contributed by atoms with Gasteiger partial charge in [0.15, 0.2) is 5.82 Å². The Morgan fingerprint density at radius 1 is 1.28 bits per heavy atom. The maximum Gasteiger partial charge on any atom is 0.251 e. The molecular weight excluding hydrogens is 390 g/mol. The highest BCUT2D eigenvalue weighted by Gasteiger charge is 2.15. The Labute approximate surface area is 172 Å². The largest absolute Gasteiger partial charge is 0.352 e. The van der Waals surface area contributed by atoms with Gasteiger partial charge in [0.05, 0.1) is 22.4 Å². The molecule has 0 saturated heterocycles. The minimum atomic E-state index is -0.0860. The Morgan fingerprint density at radius 3 is 2.86 bits per heavy atom. The fourth-order valence-corrected chi connectivity index (χ4v) is 3.39. The zero-order chi connectivity index (χ0) is 20.5. The first-order valence-corrected chi connectivity index (χ1v) is 9.54. The lowest BCUT2D eigenvalue weighted by atomic mass is 10.0. The van der Waals surface area contributed by atoms with E-state index in [4.69, 9.17) is 11.6 Å². The van der Waals surface area contributed by atoms with E-state index in [0.29, 0.717) is 34.6 Å². The number of rotatable bonds is 5. The second-order valence-electron chi connectivity index (χ2n) is 6.66. The number of fused-ring (bicyclic) bond motifs is 1. The van der Waals surface area contributed by atoms with Crippen molar-refractivity contribution in [1.82, 2.24) is 30.3 Å². The molecule has 4 rings (SSSR count). The molecule has 0 aliphatic carbocycles. The van der Waals surface area contributed by atoms with E-state index in [-0.39, 0.29) is 5.91 Å². The second-order valence-corrected chi connectivity index (χ2v) is 7.03. The smallest absolute Gasteiger partial charge is 0.251 e. The predicted octanol–water partition coefficient (Wildman–Crippen LogP) is 3.81. The van der Waals surface area contributed by atoms with Gasteiger partial charge in [0.1, 0.15) is 0 Å². The van der Waals surface area contributed by atoms with Crippen LogP contribution in [0.5, 0.6) is 0 Å². The SMILES string of the molecule is CCNC(=O)c1ccc(-c2nc(Nc3ccc4[nH]ncc4c3Cl)n(C)n2)cc1C. The summed E-state index contributed by atoms with van der Waals surface area (Å²) in [6, 6.07) is 9.32. The molecule has 0 spiro atoms. The number of aromatic amines is 1. The van der Waals surface area contributed by atoms with E-state index >= 15 is 0 Å². The highest BCUT2D eigenvalue weighted by molar-refractivity contribution is 6.38. The van der Waals surface area contributed by atoms with Crippen molar-refractivity contribution in [2.45, 2.75) is 13.8 Å². The molecule has 2 heterocycles.